The van der Waals surface area contributed by atoms with Crippen LogP contribution < -0.4 is 0 Å². The highest BCUT2D eigenvalue weighted by molar-refractivity contribution is 6.18. The van der Waals surface area contributed by atoms with E-state index in [-0.39, 0.29) is 12.0 Å². The van der Waals surface area contributed by atoms with Crippen molar-refractivity contribution >= 4 is 11.6 Å². The normalized spacial score (nSPS) is 24.1. The van der Waals surface area contributed by atoms with E-state index in [0.717, 1.165) is 22.8 Å². The first-order valence-corrected chi connectivity index (χ1v) is 7.27. The molecule has 4 heteroatoms. The Labute approximate surface area is 127 Å². The van der Waals surface area contributed by atoms with Crippen LogP contribution in [0.5, 0.6) is 0 Å². The van der Waals surface area contributed by atoms with Crippen molar-refractivity contribution in [1.29, 1.82) is 0 Å². The standard InChI is InChI=1S/C17H15ClF2O/c1-10-5-11(2)7-12(6-10)16-17(9-18,21-16)14-4-3-13(19)8-15(14)20/h3-8,16H,9H2,1-2H3. The van der Waals surface area contributed by atoms with E-state index in [1.165, 1.54) is 12.1 Å². The molecule has 2 atom stereocenters. The lowest BCUT2D eigenvalue weighted by Crippen LogP contribution is -2.14. The Bertz CT molecular complexity index is 681. The third-order valence-corrected chi connectivity index (χ3v) is 4.22. The van der Waals surface area contributed by atoms with Crippen LogP contribution in [0.1, 0.15) is 28.4 Å². The van der Waals surface area contributed by atoms with Crippen molar-refractivity contribution in [2.45, 2.75) is 25.6 Å². The molecule has 1 nitrogen and oxygen atoms in total. The molecule has 2 unspecified atom stereocenters. The van der Waals surface area contributed by atoms with Crippen molar-refractivity contribution in [3.8, 4) is 0 Å². The van der Waals surface area contributed by atoms with Crippen LogP contribution in [0.3, 0.4) is 0 Å². The predicted molar refractivity (Wildman–Crippen MR) is 78.5 cm³/mol. The summed E-state index contributed by atoms with van der Waals surface area (Å²) in [5.74, 6) is -1.11. The molecule has 0 saturated carbocycles. The van der Waals surface area contributed by atoms with Gasteiger partial charge in [0, 0.05) is 11.6 Å². The van der Waals surface area contributed by atoms with Crippen LogP contribution >= 0.6 is 11.6 Å². The molecule has 1 aliphatic rings. The summed E-state index contributed by atoms with van der Waals surface area (Å²) in [5.41, 5.74) is 2.60. The smallest absolute Gasteiger partial charge is 0.141 e. The second-order valence-corrected chi connectivity index (χ2v) is 5.83. The fourth-order valence-corrected chi connectivity index (χ4v) is 3.23. The molecule has 0 spiro atoms. The number of hydrogen-bond donors (Lipinski definition) is 0. The Hall–Kier alpha value is -1.45. The highest BCUT2D eigenvalue weighted by Crippen LogP contribution is 2.58. The fraction of sp³-hybridized carbons (Fsp3) is 0.294. The van der Waals surface area contributed by atoms with E-state index in [2.05, 4.69) is 6.07 Å². The first-order chi connectivity index (χ1) is 9.96. The van der Waals surface area contributed by atoms with Gasteiger partial charge in [0.2, 0.25) is 0 Å². The van der Waals surface area contributed by atoms with Crippen molar-refractivity contribution in [2.24, 2.45) is 0 Å². The second kappa shape index (κ2) is 5.08. The summed E-state index contributed by atoms with van der Waals surface area (Å²) in [5, 5.41) is 0. The van der Waals surface area contributed by atoms with Crippen LogP contribution in [0.4, 0.5) is 8.78 Å². The lowest BCUT2D eigenvalue weighted by Gasteiger charge is -2.12. The molecule has 0 aliphatic carbocycles. The Kier molecular flexibility index (Phi) is 3.50. The van der Waals surface area contributed by atoms with Crippen molar-refractivity contribution in [3.63, 3.8) is 0 Å². The Morgan fingerprint density at radius 3 is 2.33 bits per heavy atom. The predicted octanol–water partition coefficient (Wildman–Crippen LogP) is 4.79. The molecule has 0 N–H and O–H groups in total. The minimum absolute atomic E-state index is 0.118. The van der Waals surface area contributed by atoms with Gasteiger partial charge in [-0.25, -0.2) is 8.78 Å². The Balaban J connectivity index is 2.01. The summed E-state index contributed by atoms with van der Waals surface area (Å²) in [6.07, 6.45) is -0.298. The van der Waals surface area contributed by atoms with Crippen LogP contribution in [-0.4, -0.2) is 5.88 Å². The molecule has 1 saturated heterocycles. The zero-order chi connectivity index (χ0) is 15.2. The van der Waals surface area contributed by atoms with E-state index < -0.39 is 17.2 Å². The maximum absolute atomic E-state index is 14.0. The van der Waals surface area contributed by atoms with Crippen LogP contribution in [0.2, 0.25) is 0 Å². The van der Waals surface area contributed by atoms with Gasteiger partial charge in [0.1, 0.15) is 23.3 Å². The minimum atomic E-state index is -0.903. The summed E-state index contributed by atoms with van der Waals surface area (Å²) >= 11 is 6.04. The van der Waals surface area contributed by atoms with Gasteiger partial charge >= 0.3 is 0 Å². The quantitative estimate of drug-likeness (QED) is 0.587. The molecule has 110 valence electrons. The van der Waals surface area contributed by atoms with E-state index >= 15 is 0 Å². The van der Waals surface area contributed by atoms with Gasteiger partial charge in [-0.3, -0.25) is 0 Å². The van der Waals surface area contributed by atoms with Crippen molar-refractivity contribution < 1.29 is 13.5 Å². The number of ether oxygens (including phenoxy) is 1. The number of hydrogen-bond acceptors (Lipinski definition) is 1. The number of rotatable bonds is 3. The van der Waals surface area contributed by atoms with Gasteiger partial charge in [0.25, 0.3) is 0 Å². The first kappa shape index (κ1) is 14.5. The van der Waals surface area contributed by atoms with Gasteiger partial charge in [-0.15, -0.1) is 11.6 Å². The van der Waals surface area contributed by atoms with E-state index in [9.17, 15) is 8.78 Å². The van der Waals surface area contributed by atoms with Gasteiger partial charge < -0.3 is 4.74 Å². The number of benzene rings is 2. The SMILES string of the molecule is Cc1cc(C)cc(C2OC2(CCl)c2ccc(F)cc2F)c1. The lowest BCUT2D eigenvalue weighted by molar-refractivity contribution is 0.309. The van der Waals surface area contributed by atoms with Gasteiger partial charge in [0.15, 0.2) is 0 Å². The molecular formula is C17H15ClF2O. The van der Waals surface area contributed by atoms with Gasteiger partial charge in [-0.2, -0.15) is 0 Å². The van der Waals surface area contributed by atoms with Crippen LogP contribution in [0.25, 0.3) is 0 Å². The zero-order valence-electron chi connectivity index (χ0n) is 11.8. The first-order valence-electron chi connectivity index (χ1n) is 6.74. The minimum Gasteiger partial charge on any atom is -0.354 e. The summed E-state index contributed by atoms with van der Waals surface area (Å²) in [7, 11) is 0. The van der Waals surface area contributed by atoms with Crippen molar-refractivity contribution in [3.05, 3.63) is 70.3 Å². The summed E-state index contributed by atoms with van der Waals surface area (Å²) in [6.45, 7) is 4.00. The number of halogens is 3. The molecular weight excluding hydrogens is 294 g/mol. The van der Waals surface area contributed by atoms with E-state index in [1.807, 2.05) is 26.0 Å². The maximum atomic E-state index is 14.0. The van der Waals surface area contributed by atoms with E-state index in [0.29, 0.717) is 5.56 Å². The van der Waals surface area contributed by atoms with E-state index in [4.69, 9.17) is 16.3 Å². The average Bonchev–Trinajstić information content (AvgIpc) is 3.13. The summed E-state index contributed by atoms with van der Waals surface area (Å²) < 4.78 is 32.9. The van der Waals surface area contributed by atoms with Gasteiger partial charge in [-0.1, -0.05) is 35.4 Å². The Morgan fingerprint density at radius 1 is 1.10 bits per heavy atom. The molecule has 3 rings (SSSR count). The van der Waals surface area contributed by atoms with Gasteiger partial charge in [-0.05, 0) is 25.5 Å². The van der Waals surface area contributed by atoms with Crippen molar-refractivity contribution in [1.82, 2.24) is 0 Å². The van der Waals surface area contributed by atoms with E-state index in [1.54, 1.807) is 0 Å². The molecule has 1 heterocycles. The molecule has 0 radical (unpaired) electrons. The summed E-state index contributed by atoms with van der Waals surface area (Å²) in [4.78, 5) is 0. The molecule has 1 fully saturated rings. The monoisotopic (exact) mass is 308 g/mol. The van der Waals surface area contributed by atoms with Crippen LogP contribution in [-0.2, 0) is 10.3 Å². The largest absolute Gasteiger partial charge is 0.354 e. The number of alkyl halides is 1. The fourth-order valence-electron chi connectivity index (χ4n) is 2.89. The van der Waals surface area contributed by atoms with Crippen LogP contribution in [0, 0.1) is 25.5 Å². The van der Waals surface area contributed by atoms with Crippen LogP contribution in [0.15, 0.2) is 36.4 Å². The molecule has 2 aromatic rings. The highest BCUT2D eigenvalue weighted by Gasteiger charge is 2.59. The topological polar surface area (TPSA) is 12.5 Å². The second-order valence-electron chi connectivity index (χ2n) is 5.57. The number of aryl methyl sites for hydroxylation is 2. The van der Waals surface area contributed by atoms with Gasteiger partial charge in [0.05, 0.1) is 5.88 Å². The zero-order valence-corrected chi connectivity index (χ0v) is 12.5. The molecule has 0 amide bonds. The third-order valence-electron chi connectivity index (χ3n) is 3.83. The molecule has 21 heavy (non-hydrogen) atoms. The average molecular weight is 309 g/mol. The molecule has 0 bridgehead atoms. The molecule has 1 aliphatic heterocycles. The maximum Gasteiger partial charge on any atom is 0.141 e. The molecule has 2 aromatic carbocycles. The lowest BCUT2D eigenvalue weighted by atomic mass is 9.91. The highest BCUT2D eigenvalue weighted by atomic mass is 35.5. The number of epoxide rings is 1. The third kappa shape index (κ3) is 2.45. The Morgan fingerprint density at radius 2 is 1.76 bits per heavy atom. The molecule has 0 aromatic heterocycles. The van der Waals surface area contributed by atoms with Crippen molar-refractivity contribution in [2.75, 3.05) is 5.88 Å². The summed E-state index contributed by atoms with van der Waals surface area (Å²) in [6, 6.07) is 9.58.